The summed E-state index contributed by atoms with van der Waals surface area (Å²) in [4.78, 5) is 0.282. The van der Waals surface area contributed by atoms with Crippen molar-refractivity contribution in [3.63, 3.8) is 0 Å². The summed E-state index contributed by atoms with van der Waals surface area (Å²) in [5, 5.41) is 4.14. The van der Waals surface area contributed by atoms with E-state index in [1.165, 1.54) is 0 Å². The molecule has 18 heavy (non-hydrogen) atoms. The van der Waals surface area contributed by atoms with Crippen LogP contribution in [0.2, 0.25) is 0 Å². The van der Waals surface area contributed by atoms with Crippen LogP contribution in [0.3, 0.4) is 0 Å². The van der Waals surface area contributed by atoms with Crippen molar-refractivity contribution in [2.24, 2.45) is 12.8 Å². The number of rotatable bonds is 4. The smallest absolute Gasteiger partial charge is 0.244 e. The van der Waals surface area contributed by atoms with Crippen LogP contribution < -0.4 is 10.5 Å². The number of sulfonamides is 1. The Balaban J connectivity index is 2.37. The van der Waals surface area contributed by atoms with Crippen molar-refractivity contribution in [3.8, 4) is 0 Å². The molecule has 1 aliphatic rings. The standard InChI is InChI=1S/C11H20N4O2S/c1-8-10(9(2)15(3)13-8)18(16,17)14-11(7-12)5-4-6-11/h14H,4-7,12H2,1-3H3. The number of hydrogen-bond acceptors (Lipinski definition) is 4. The van der Waals surface area contributed by atoms with E-state index >= 15 is 0 Å². The molecule has 1 aliphatic carbocycles. The zero-order valence-corrected chi connectivity index (χ0v) is 11.8. The summed E-state index contributed by atoms with van der Waals surface area (Å²) in [5.41, 5.74) is 6.40. The summed E-state index contributed by atoms with van der Waals surface area (Å²) < 4.78 is 29.2. The van der Waals surface area contributed by atoms with Crippen LogP contribution in [0.15, 0.2) is 4.90 Å². The molecule has 2 rings (SSSR count). The van der Waals surface area contributed by atoms with Crippen LogP contribution in [0.4, 0.5) is 0 Å². The molecular weight excluding hydrogens is 252 g/mol. The van der Waals surface area contributed by atoms with Gasteiger partial charge in [-0.25, -0.2) is 13.1 Å². The highest BCUT2D eigenvalue weighted by Gasteiger charge is 2.40. The first-order chi connectivity index (χ1) is 8.31. The van der Waals surface area contributed by atoms with Crippen molar-refractivity contribution in [2.45, 2.75) is 43.5 Å². The molecule has 0 aromatic carbocycles. The molecule has 1 aromatic rings. The molecule has 3 N–H and O–H groups in total. The van der Waals surface area contributed by atoms with Gasteiger partial charge in [-0.15, -0.1) is 0 Å². The summed E-state index contributed by atoms with van der Waals surface area (Å²) >= 11 is 0. The molecule has 0 atom stereocenters. The van der Waals surface area contributed by atoms with Crippen molar-refractivity contribution < 1.29 is 8.42 Å². The van der Waals surface area contributed by atoms with Crippen LogP contribution in [0.25, 0.3) is 0 Å². The third kappa shape index (κ3) is 2.06. The fourth-order valence-corrected chi connectivity index (χ4v) is 4.34. The van der Waals surface area contributed by atoms with Crippen LogP contribution in [0, 0.1) is 13.8 Å². The van der Waals surface area contributed by atoms with E-state index < -0.39 is 15.6 Å². The largest absolute Gasteiger partial charge is 0.329 e. The Hall–Kier alpha value is -0.920. The number of nitrogens with zero attached hydrogens (tertiary/aromatic N) is 2. The quantitative estimate of drug-likeness (QED) is 0.819. The highest BCUT2D eigenvalue weighted by Crippen LogP contribution is 2.33. The first-order valence-electron chi connectivity index (χ1n) is 6.05. The van der Waals surface area contributed by atoms with Gasteiger partial charge >= 0.3 is 0 Å². The first-order valence-corrected chi connectivity index (χ1v) is 7.54. The van der Waals surface area contributed by atoms with Crippen molar-refractivity contribution in [3.05, 3.63) is 11.4 Å². The molecular formula is C11H20N4O2S. The van der Waals surface area contributed by atoms with E-state index in [9.17, 15) is 8.42 Å². The summed E-state index contributed by atoms with van der Waals surface area (Å²) in [6.45, 7) is 3.80. The molecule has 7 heteroatoms. The number of nitrogens with two attached hydrogens (primary N) is 1. The zero-order chi connectivity index (χ0) is 13.6. The van der Waals surface area contributed by atoms with Gasteiger partial charge in [-0.1, -0.05) is 0 Å². The zero-order valence-electron chi connectivity index (χ0n) is 11.0. The lowest BCUT2D eigenvalue weighted by Gasteiger charge is -2.41. The summed E-state index contributed by atoms with van der Waals surface area (Å²) in [5.74, 6) is 0. The van der Waals surface area contributed by atoms with Gasteiger partial charge in [0.2, 0.25) is 10.0 Å². The lowest BCUT2D eigenvalue weighted by atomic mass is 9.78. The van der Waals surface area contributed by atoms with Gasteiger partial charge in [-0.3, -0.25) is 4.68 Å². The maximum atomic E-state index is 12.4. The Morgan fingerprint density at radius 2 is 2.06 bits per heavy atom. The van der Waals surface area contributed by atoms with Crippen LogP contribution in [0.1, 0.15) is 30.7 Å². The third-order valence-corrected chi connectivity index (χ3v) is 5.59. The normalized spacial score (nSPS) is 18.7. The van der Waals surface area contributed by atoms with Crippen LogP contribution in [-0.4, -0.2) is 30.3 Å². The van der Waals surface area contributed by atoms with E-state index in [-0.39, 0.29) is 4.90 Å². The molecule has 0 saturated heterocycles. The summed E-state index contributed by atoms with van der Waals surface area (Å²) in [7, 11) is -1.81. The second kappa shape index (κ2) is 4.32. The number of aryl methyl sites for hydroxylation is 2. The molecule has 1 aromatic heterocycles. The maximum absolute atomic E-state index is 12.4. The van der Waals surface area contributed by atoms with Gasteiger partial charge in [0.25, 0.3) is 0 Å². The lowest BCUT2D eigenvalue weighted by molar-refractivity contribution is 0.230. The molecule has 0 spiro atoms. The summed E-state index contributed by atoms with van der Waals surface area (Å²) in [6, 6.07) is 0. The van der Waals surface area contributed by atoms with Gasteiger partial charge in [0.05, 0.1) is 11.4 Å². The molecule has 0 aliphatic heterocycles. The first kappa shape index (κ1) is 13.5. The van der Waals surface area contributed by atoms with Crippen LogP contribution in [-0.2, 0) is 17.1 Å². The molecule has 1 heterocycles. The Labute approximate surface area is 108 Å². The molecule has 0 radical (unpaired) electrons. The Morgan fingerprint density at radius 1 is 1.44 bits per heavy atom. The van der Waals surface area contributed by atoms with E-state index in [0.29, 0.717) is 17.9 Å². The number of hydrogen-bond donors (Lipinski definition) is 2. The molecule has 6 nitrogen and oxygen atoms in total. The Morgan fingerprint density at radius 3 is 2.39 bits per heavy atom. The second-order valence-corrected chi connectivity index (χ2v) is 6.69. The lowest BCUT2D eigenvalue weighted by Crippen LogP contribution is -2.58. The van der Waals surface area contributed by atoms with E-state index in [2.05, 4.69) is 9.82 Å². The predicted octanol–water partition coefficient (Wildman–Crippen LogP) is 0.197. The van der Waals surface area contributed by atoms with Crippen molar-refractivity contribution in [2.75, 3.05) is 6.54 Å². The minimum absolute atomic E-state index is 0.282. The highest BCUT2D eigenvalue weighted by atomic mass is 32.2. The van der Waals surface area contributed by atoms with E-state index in [1.54, 1.807) is 25.6 Å². The van der Waals surface area contributed by atoms with E-state index in [0.717, 1.165) is 19.3 Å². The fraction of sp³-hybridized carbons (Fsp3) is 0.727. The number of aromatic nitrogens is 2. The topological polar surface area (TPSA) is 90.0 Å². The third-order valence-electron chi connectivity index (χ3n) is 3.76. The fourth-order valence-electron chi connectivity index (χ4n) is 2.43. The van der Waals surface area contributed by atoms with E-state index in [1.807, 2.05) is 0 Å². The van der Waals surface area contributed by atoms with Crippen molar-refractivity contribution >= 4 is 10.0 Å². The average molecular weight is 272 g/mol. The van der Waals surface area contributed by atoms with Gasteiger partial charge < -0.3 is 5.73 Å². The SMILES string of the molecule is Cc1nn(C)c(C)c1S(=O)(=O)NC1(CN)CCC1. The minimum Gasteiger partial charge on any atom is -0.329 e. The molecule has 1 fully saturated rings. The molecule has 1 saturated carbocycles. The second-order valence-electron chi connectivity index (χ2n) is 5.07. The Bertz CT molecular complexity index is 552. The van der Waals surface area contributed by atoms with Gasteiger partial charge in [-0.2, -0.15) is 5.10 Å². The number of nitrogens with one attached hydrogen (secondary N) is 1. The van der Waals surface area contributed by atoms with Gasteiger partial charge in [0, 0.05) is 19.1 Å². The van der Waals surface area contributed by atoms with E-state index in [4.69, 9.17) is 5.73 Å². The van der Waals surface area contributed by atoms with Crippen molar-refractivity contribution in [1.82, 2.24) is 14.5 Å². The monoisotopic (exact) mass is 272 g/mol. The highest BCUT2D eigenvalue weighted by molar-refractivity contribution is 7.89. The average Bonchev–Trinajstić information content (AvgIpc) is 2.47. The van der Waals surface area contributed by atoms with Crippen LogP contribution in [0.5, 0.6) is 0 Å². The molecule has 0 unspecified atom stereocenters. The van der Waals surface area contributed by atoms with Gasteiger partial charge in [-0.05, 0) is 33.1 Å². The molecule has 0 amide bonds. The molecule has 0 bridgehead atoms. The summed E-state index contributed by atoms with van der Waals surface area (Å²) in [6.07, 6.45) is 2.63. The van der Waals surface area contributed by atoms with Gasteiger partial charge in [0.1, 0.15) is 4.90 Å². The predicted molar refractivity (Wildman–Crippen MR) is 68.6 cm³/mol. The van der Waals surface area contributed by atoms with Crippen LogP contribution >= 0.6 is 0 Å². The van der Waals surface area contributed by atoms with Gasteiger partial charge in [0.15, 0.2) is 0 Å². The Kier molecular flexibility index (Phi) is 3.25. The van der Waals surface area contributed by atoms with Crippen molar-refractivity contribution in [1.29, 1.82) is 0 Å². The minimum atomic E-state index is -3.54. The molecule has 102 valence electrons. The maximum Gasteiger partial charge on any atom is 0.244 e.